The van der Waals surface area contributed by atoms with Gasteiger partial charge >= 0.3 is 6.61 Å². The Kier molecular flexibility index (Phi) is 6.61. The highest BCUT2D eigenvalue weighted by atomic mass is 32.1. The van der Waals surface area contributed by atoms with Crippen molar-refractivity contribution in [1.29, 1.82) is 0 Å². The Balaban J connectivity index is 1.63. The van der Waals surface area contributed by atoms with E-state index in [1.54, 1.807) is 43.9 Å². The molecule has 29 heavy (non-hydrogen) atoms. The first-order chi connectivity index (χ1) is 14.0. The number of hydrogen-bond acceptors (Lipinski definition) is 6. The third kappa shape index (κ3) is 5.20. The minimum atomic E-state index is -2.87. The number of methoxy groups -OCH3 is 2. The van der Waals surface area contributed by atoms with E-state index >= 15 is 0 Å². The zero-order chi connectivity index (χ0) is 20.8. The number of nitrogens with one attached hydrogen (secondary N) is 1. The first-order valence-corrected chi connectivity index (χ1v) is 9.38. The number of carbonyl (C=O) groups is 1. The molecule has 0 saturated heterocycles. The van der Waals surface area contributed by atoms with Gasteiger partial charge in [-0.25, -0.2) is 4.98 Å². The summed E-state index contributed by atoms with van der Waals surface area (Å²) in [7, 11) is 3.11. The molecule has 6 nitrogen and oxygen atoms in total. The van der Waals surface area contributed by atoms with Crippen LogP contribution in [0.4, 0.5) is 8.78 Å². The topological polar surface area (TPSA) is 69.7 Å². The molecule has 9 heteroatoms. The molecule has 1 heterocycles. The number of thiazole rings is 1. The zero-order valence-electron chi connectivity index (χ0n) is 15.6. The molecule has 1 N–H and O–H groups in total. The van der Waals surface area contributed by atoms with Crippen molar-refractivity contribution >= 4 is 17.2 Å². The van der Waals surface area contributed by atoms with Gasteiger partial charge in [0.1, 0.15) is 16.5 Å². The lowest BCUT2D eigenvalue weighted by atomic mass is 10.2. The Hall–Kier alpha value is -3.20. The summed E-state index contributed by atoms with van der Waals surface area (Å²) in [4.78, 5) is 16.7. The molecule has 0 atom stereocenters. The van der Waals surface area contributed by atoms with Gasteiger partial charge in [-0.2, -0.15) is 8.78 Å². The van der Waals surface area contributed by atoms with Gasteiger partial charge in [0.15, 0.2) is 11.5 Å². The number of nitrogens with zero attached hydrogens (tertiary/aromatic N) is 1. The van der Waals surface area contributed by atoms with Gasteiger partial charge in [0.2, 0.25) is 0 Å². The van der Waals surface area contributed by atoms with Crippen molar-refractivity contribution in [3.63, 3.8) is 0 Å². The summed E-state index contributed by atoms with van der Waals surface area (Å²) in [6.07, 6.45) is 0. The fourth-order valence-corrected chi connectivity index (χ4v) is 3.34. The van der Waals surface area contributed by atoms with Crippen LogP contribution in [-0.4, -0.2) is 31.7 Å². The maximum absolute atomic E-state index is 12.4. The second kappa shape index (κ2) is 9.33. The summed E-state index contributed by atoms with van der Waals surface area (Å²) >= 11 is 1.34. The summed E-state index contributed by atoms with van der Waals surface area (Å²) in [5.41, 5.74) is 1.84. The predicted octanol–water partition coefficient (Wildman–Crippen LogP) is 4.36. The number of halogens is 2. The van der Waals surface area contributed by atoms with Crippen LogP contribution < -0.4 is 19.5 Å². The minimum Gasteiger partial charge on any atom is -0.493 e. The number of aromatic nitrogens is 1. The van der Waals surface area contributed by atoms with Crippen molar-refractivity contribution in [1.82, 2.24) is 10.3 Å². The molecule has 0 aliphatic carbocycles. The molecule has 1 amide bonds. The van der Waals surface area contributed by atoms with Gasteiger partial charge in [-0.3, -0.25) is 4.79 Å². The largest absolute Gasteiger partial charge is 0.493 e. The van der Waals surface area contributed by atoms with Crippen molar-refractivity contribution in [2.75, 3.05) is 14.2 Å². The molecule has 0 bridgehead atoms. The van der Waals surface area contributed by atoms with Crippen LogP contribution in [-0.2, 0) is 6.54 Å². The molecule has 152 valence electrons. The van der Waals surface area contributed by atoms with Crippen molar-refractivity contribution in [2.24, 2.45) is 0 Å². The predicted molar refractivity (Wildman–Crippen MR) is 105 cm³/mol. The number of amides is 1. The lowest BCUT2D eigenvalue weighted by Crippen LogP contribution is -2.23. The highest BCUT2D eigenvalue weighted by molar-refractivity contribution is 7.13. The molecule has 0 radical (unpaired) electrons. The van der Waals surface area contributed by atoms with E-state index in [2.05, 4.69) is 15.0 Å². The first-order valence-electron chi connectivity index (χ1n) is 8.50. The van der Waals surface area contributed by atoms with Gasteiger partial charge in [-0.1, -0.05) is 12.1 Å². The Bertz CT molecular complexity index is 977. The third-order valence-electron chi connectivity index (χ3n) is 3.97. The molecular formula is C20H18F2N2O4S. The van der Waals surface area contributed by atoms with Gasteiger partial charge in [-0.05, 0) is 35.9 Å². The Labute approximate surface area is 170 Å². The summed E-state index contributed by atoms with van der Waals surface area (Å²) in [5.74, 6) is 0.913. The summed E-state index contributed by atoms with van der Waals surface area (Å²) < 4.78 is 39.1. The minimum absolute atomic E-state index is 0.0640. The summed E-state index contributed by atoms with van der Waals surface area (Å²) in [5, 5.41) is 5.09. The average molecular weight is 420 g/mol. The number of hydrogen-bond donors (Lipinski definition) is 1. The van der Waals surface area contributed by atoms with Crippen LogP contribution in [0.25, 0.3) is 10.6 Å². The lowest BCUT2D eigenvalue weighted by molar-refractivity contribution is -0.0498. The highest BCUT2D eigenvalue weighted by Gasteiger charge is 2.14. The maximum atomic E-state index is 12.4. The molecule has 0 unspecified atom stereocenters. The molecule has 3 rings (SSSR count). The average Bonchev–Trinajstić information content (AvgIpc) is 3.22. The van der Waals surface area contributed by atoms with E-state index in [0.29, 0.717) is 16.5 Å². The third-order valence-corrected chi connectivity index (χ3v) is 4.86. The number of rotatable bonds is 8. The van der Waals surface area contributed by atoms with Crippen LogP contribution in [0.15, 0.2) is 47.8 Å². The van der Waals surface area contributed by atoms with Gasteiger partial charge in [0.05, 0.1) is 14.2 Å². The van der Waals surface area contributed by atoms with Gasteiger partial charge < -0.3 is 19.5 Å². The van der Waals surface area contributed by atoms with E-state index in [4.69, 9.17) is 9.47 Å². The van der Waals surface area contributed by atoms with E-state index in [1.807, 2.05) is 6.07 Å². The molecule has 1 aromatic heterocycles. The van der Waals surface area contributed by atoms with E-state index in [9.17, 15) is 13.6 Å². The molecule has 0 spiro atoms. The SMILES string of the molecule is COc1ccc(-c2nc(C(=O)NCc3ccc(OC(F)F)cc3)cs2)cc1OC. The van der Waals surface area contributed by atoms with Crippen LogP contribution in [0.1, 0.15) is 16.1 Å². The van der Waals surface area contributed by atoms with E-state index in [1.165, 1.54) is 23.5 Å². The highest BCUT2D eigenvalue weighted by Crippen LogP contribution is 2.33. The van der Waals surface area contributed by atoms with Crippen molar-refractivity contribution in [3.8, 4) is 27.8 Å². The molecule has 0 fully saturated rings. The van der Waals surface area contributed by atoms with E-state index in [-0.39, 0.29) is 23.9 Å². The standard InChI is InChI=1S/C20H18F2N2O4S/c1-26-16-8-5-13(9-17(16)27-2)19-24-15(11-29-19)18(25)23-10-12-3-6-14(7-4-12)28-20(21)22/h3-9,11,20H,10H2,1-2H3,(H,23,25). The maximum Gasteiger partial charge on any atom is 0.387 e. The number of alkyl halides is 2. The Morgan fingerprint density at radius 3 is 2.48 bits per heavy atom. The van der Waals surface area contributed by atoms with Crippen LogP contribution in [0, 0.1) is 0 Å². The van der Waals surface area contributed by atoms with Crippen molar-refractivity contribution in [3.05, 3.63) is 59.1 Å². The lowest BCUT2D eigenvalue weighted by Gasteiger charge is -2.08. The van der Waals surface area contributed by atoms with Crippen LogP contribution in [0.3, 0.4) is 0 Å². The van der Waals surface area contributed by atoms with Crippen LogP contribution in [0.2, 0.25) is 0 Å². The molecule has 3 aromatic rings. The fourth-order valence-electron chi connectivity index (χ4n) is 2.54. The second-order valence-electron chi connectivity index (χ2n) is 5.81. The molecule has 0 aliphatic rings. The normalized spacial score (nSPS) is 10.7. The Morgan fingerprint density at radius 1 is 1.10 bits per heavy atom. The van der Waals surface area contributed by atoms with E-state index < -0.39 is 6.61 Å². The fraction of sp³-hybridized carbons (Fsp3) is 0.200. The monoisotopic (exact) mass is 420 g/mol. The zero-order valence-corrected chi connectivity index (χ0v) is 16.5. The van der Waals surface area contributed by atoms with Crippen LogP contribution in [0.5, 0.6) is 17.2 Å². The smallest absolute Gasteiger partial charge is 0.387 e. The number of benzene rings is 2. The van der Waals surface area contributed by atoms with Crippen molar-refractivity contribution in [2.45, 2.75) is 13.2 Å². The molecular weight excluding hydrogens is 402 g/mol. The summed E-state index contributed by atoms with van der Waals surface area (Å²) in [6.45, 7) is -2.64. The molecule has 2 aromatic carbocycles. The second-order valence-corrected chi connectivity index (χ2v) is 6.67. The van der Waals surface area contributed by atoms with E-state index in [0.717, 1.165) is 11.1 Å². The van der Waals surface area contributed by atoms with Crippen LogP contribution >= 0.6 is 11.3 Å². The summed E-state index contributed by atoms with van der Waals surface area (Å²) in [6, 6.07) is 11.5. The quantitative estimate of drug-likeness (QED) is 0.587. The van der Waals surface area contributed by atoms with Gasteiger partial charge in [0.25, 0.3) is 5.91 Å². The molecule has 0 aliphatic heterocycles. The number of ether oxygens (including phenoxy) is 3. The Morgan fingerprint density at radius 2 is 1.83 bits per heavy atom. The molecule has 0 saturated carbocycles. The number of carbonyl (C=O) groups excluding carboxylic acids is 1. The van der Waals surface area contributed by atoms with Crippen molar-refractivity contribution < 1.29 is 27.8 Å². The van der Waals surface area contributed by atoms with Gasteiger partial charge in [-0.15, -0.1) is 11.3 Å². The first kappa shape index (κ1) is 20.5. The van der Waals surface area contributed by atoms with Gasteiger partial charge in [0, 0.05) is 17.5 Å².